The Morgan fingerprint density at radius 2 is 2.09 bits per heavy atom. The molecule has 1 heterocycles. The van der Waals surface area contributed by atoms with Crippen LogP contribution in [0.5, 0.6) is 0 Å². The second-order valence-corrected chi connectivity index (χ2v) is 5.29. The van der Waals surface area contributed by atoms with E-state index in [1.807, 2.05) is 13.8 Å². The van der Waals surface area contributed by atoms with Gasteiger partial charge in [-0.25, -0.2) is 13.9 Å². The molecule has 0 bridgehead atoms. The highest BCUT2D eigenvalue weighted by molar-refractivity contribution is 5.88. The average Bonchev–Trinajstić information content (AvgIpc) is 2.88. The molecule has 1 aromatic carbocycles. The van der Waals surface area contributed by atoms with Crippen LogP contribution in [0.15, 0.2) is 30.3 Å². The highest BCUT2D eigenvalue weighted by atomic mass is 19.1. The minimum atomic E-state index is -0.407. The molecule has 0 spiro atoms. The molecule has 1 unspecified atom stereocenters. The molecule has 0 radical (unpaired) electrons. The van der Waals surface area contributed by atoms with Crippen molar-refractivity contribution < 1.29 is 14.3 Å². The van der Waals surface area contributed by atoms with Crippen LogP contribution < -0.4 is 10.6 Å². The van der Waals surface area contributed by atoms with Gasteiger partial charge in [0, 0.05) is 18.3 Å². The average molecular weight is 320 g/mol. The summed E-state index contributed by atoms with van der Waals surface area (Å²) < 4.78 is 14.6. The van der Waals surface area contributed by atoms with E-state index in [4.69, 9.17) is 0 Å². The van der Waals surface area contributed by atoms with E-state index >= 15 is 0 Å². The number of hydrogen-bond donors (Lipinski definition) is 3. The summed E-state index contributed by atoms with van der Waals surface area (Å²) in [6.45, 7) is 4.12. The lowest BCUT2D eigenvalue weighted by atomic mass is 10.2. The van der Waals surface area contributed by atoms with E-state index in [1.165, 1.54) is 12.1 Å². The second-order valence-electron chi connectivity index (χ2n) is 5.29. The van der Waals surface area contributed by atoms with Crippen molar-refractivity contribution in [2.75, 3.05) is 11.9 Å². The van der Waals surface area contributed by atoms with Gasteiger partial charge >= 0.3 is 6.03 Å². The second kappa shape index (κ2) is 7.73. The maximum Gasteiger partial charge on any atom is 0.320 e. The maximum absolute atomic E-state index is 13.0. The number of carbonyl (C=O) groups excluding carboxylic acids is 1. The molecule has 0 aliphatic rings. The summed E-state index contributed by atoms with van der Waals surface area (Å²) in [5.41, 5.74) is 1.52. The first-order valence-electron chi connectivity index (χ1n) is 7.55. The Bertz CT molecular complexity index is 655. The number of benzene rings is 1. The number of nitrogens with zero attached hydrogens (tertiary/aromatic N) is 2. The molecule has 7 heteroatoms. The van der Waals surface area contributed by atoms with E-state index in [9.17, 15) is 14.3 Å². The quantitative estimate of drug-likeness (QED) is 0.765. The van der Waals surface area contributed by atoms with Crippen LogP contribution in [-0.4, -0.2) is 33.6 Å². The molecular formula is C16H21FN4O2. The van der Waals surface area contributed by atoms with Crippen molar-refractivity contribution >= 4 is 11.8 Å². The largest absolute Gasteiger partial charge is 0.393 e. The third-order valence-electron chi connectivity index (χ3n) is 3.43. The van der Waals surface area contributed by atoms with Crippen molar-refractivity contribution in [2.24, 2.45) is 0 Å². The van der Waals surface area contributed by atoms with Gasteiger partial charge in [-0.1, -0.05) is 6.92 Å². The van der Waals surface area contributed by atoms with Gasteiger partial charge in [0.25, 0.3) is 0 Å². The van der Waals surface area contributed by atoms with Gasteiger partial charge in [0.05, 0.1) is 11.8 Å². The molecule has 2 amide bonds. The van der Waals surface area contributed by atoms with E-state index < -0.39 is 6.10 Å². The van der Waals surface area contributed by atoms with Crippen molar-refractivity contribution in [3.8, 4) is 5.69 Å². The van der Waals surface area contributed by atoms with Crippen LogP contribution in [0.3, 0.4) is 0 Å². The number of carbonyl (C=O) groups is 1. The molecular weight excluding hydrogens is 299 g/mol. The smallest absolute Gasteiger partial charge is 0.320 e. The number of urea groups is 1. The number of halogens is 1. The summed E-state index contributed by atoms with van der Waals surface area (Å²) in [7, 11) is 0. The number of nitrogens with one attached hydrogen (secondary N) is 2. The highest BCUT2D eigenvalue weighted by Crippen LogP contribution is 2.15. The van der Waals surface area contributed by atoms with Gasteiger partial charge in [0.1, 0.15) is 5.82 Å². The topological polar surface area (TPSA) is 79.2 Å². The maximum atomic E-state index is 13.0. The zero-order valence-electron chi connectivity index (χ0n) is 13.2. The molecule has 3 N–H and O–H groups in total. The Labute approximate surface area is 134 Å². The number of aromatic nitrogens is 2. The molecule has 0 aliphatic heterocycles. The summed E-state index contributed by atoms with van der Waals surface area (Å²) in [5.74, 6) is 0.0888. The fraction of sp³-hybridized carbons (Fsp3) is 0.375. The van der Waals surface area contributed by atoms with Crippen molar-refractivity contribution in [2.45, 2.75) is 32.8 Å². The molecule has 124 valence electrons. The molecule has 0 saturated heterocycles. The van der Waals surface area contributed by atoms with Crippen molar-refractivity contribution in [1.29, 1.82) is 0 Å². The zero-order chi connectivity index (χ0) is 16.8. The third-order valence-corrected chi connectivity index (χ3v) is 3.43. The van der Waals surface area contributed by atoms with Crippen molar-refractivity contribution in [3.63, 3.8) is 0 Å². The third kappa shape index (κ3) is 4.79. The monoisotopic (exact) mass is 320 g/mol. The number of amides is 2. The Morgan fingerprint density at radius 3 is 2.74 bits per heavy atom. The molecule has 23 heavy (non-hydrogen) atoms. The van der Waals surface area contributed by atoms with Gasteiger partial charge in [0.2, 0.25) is 0 Å². The molecule has 0 saturated carbocycles. The predicted molar refractivity (Wildman–Crippen MR) is 86.2 cm³/mol. The number of aliphatic hydroxyl groups excluding tert-OH is 1. The van der Waals surface area contributed by atoms with Crippen LogP contribution in [0, 0.1) is 12.7 Å². The fourth-order valence-electron chi connectivity index (χ4n) is 2.10. The normalized spacial score (nSPS) is 12.0. The SMILES string of the molecule is CCC(O)CCNC(=O)Nc1cc(C)n(-c2ccc(F)cc2)n1. The summed E-state index contributed by atoms with van der Waals surface area (Å²) in [6.07, 6.45) is 0.757. The Balaban J connectivity index is 1.95. The number of rotatable bonds is 6. The molecule has 1 atom stereocenters. The predicted octanol–water partition coefficient (Wildman–Crippen LogP) is 2.60. The van der Waals surface area contributed by atoms with E-state index in [-0.39, 0.29) is 11.8 Å². The van der Waals surface area contributed by atoms with Crippen LogP contribution in [0.1, 0.15) is 25.5 Å². The minimum absolute atomic E-state index is 0.314. The lowest BCUT2D eigenvalue weighted by molar-refractivity contribution is 0.160. The lowest BCUT2D eigenvalue weighted by Crippen LogP contribution is -2.31. The number of hydrogen-bond acceptors (Lipinski definition) is 3. The summed E-state index contributed by atoms with van der Waals surface area (Å²) in [5, 5.41) is 19.0. The molecule has 2 rings (SSSR count). The van der Waals surface area contributed by atoms with E-state index in [0.717, 1.165) is 5.69 Å². The van der Waals surface area contributed by atoms with E-state index in [1.54, 1.807) is 22.9 Å². The van der Waals surface area contributed by atoms with Gasteiger partial charge in [-0.2, -0.15) is 0 Å². The van der Waals surface area contributed by atoms with Crippen LogP contribution in [-0.2, 0) is 0 Å². The van der Waals surface area contributed by atoms with Crippen molar-refractivity contribution in [1.82, 2.24) is 15.1 Å². The summed E-state index contributed by atoms with van der Waals surface area (Å²) in [4.78, 5) is 11.8. The Kier molecular flexibility index (Phi) is 5.70. The van der Waals surface area contributed by atoms with Gasteiger partial charge in [0.15, 0.2) is 5.82 Å². The Hall–Kier alpha value is -2.41. The standard InChI is InChI=1S/C16H21FN4O2/c1-3-14(22)8-9-18-16(23)19-15-10-11(2)21(20-15)13-6-4-12(17)5-7-13/h4-7,10,14,22H,3,8-9H2,1-2H3,(H2,18,19,20,23). The van der Waals surface area contributed by atoms with E-state index in [0.29, 0.717) is 30.9 Å². The summed E-state index contributed by atoms with van der Waals surface area (Å²) in [6, 6.07) is 7.29. The number of anilines is 1. The zero-order valence-corrected chi connectivity index (χ0v) is 13.2. The first kappa shape index (κ1) is 17.0. The minimum Gasteiger partial charge on any atom is -0.393 e. The molecule has 0 aliphatic carbocycles. The number of aryl methyl sites for hydroxylation is 1. The van der Waals surface area contributed by atoms with Gasteiger partial charge in [-0.3, -0.25) is 5.32 Å². The molecule has 2 aromatic rings. The van der Waals surface area contributed by atoms with Gasteiger partial charge < -0.3 is 10.4 Å². The van der Waals surface area contributed by atoms with Crippen molar-refractivity contribution in [3.05, 3.63) is 41.8 Å². The van der Waals surface area contributed by atoms with E-state index in [2.05, 4.69) is 15.7 Å². The number of aliphatic hydroxyl groups is 1. The Morgan fingerprint density at radius 1 is 1.39 bits per heavy atom. The van der Waals surface area contributed by atoms with Gasteiger partial charge in [-0.05, 0) is 44.0 Å². The van der Waals surface area contributed by atoms with Crippen LogP contribution in [0.25, 0.3) is 5.69 Å². The summed E-state index contributed by atoms with van der Waals surface area (Å²) >= 11 is 0. The van der Waals surface area contributed by atoms with Gasteiger partial charge in [-0.15, -0.1) is 5.10 Å². The highest BCUT2D eigenvalue weighted by Gasteiger charge is 2.09. The molecule has 0 fully saturated rings. The first-order chi connectivity index (χ1) is 11.0. The molecule has 1 aromatic heterocycles. The lowest BCUT2D eigenvalue weighted by Gasteiger charge is -2.08. The van der Waals surface area contributed by atoms with Crippen LogP contribution in [0.4, 0.5) is 15.0 Å². The molecule has 6 nitrogen and oxygen atoms in total. The first-order valence-corrected chi connectivity index (χ1v) is 7.55. The fourth-order valence-corrected chi connectivity index (χ4v) is 2.10. The van der Waals surface area contributed by atoms with Crippen LogP contribution >= 0.6 is 0 Å². The van der Waals surface area contributed by atoms with Crippen LogP contribution in [0.2, 0.25) is 0 Å².